The van der Waals surface area contributed by atoms with E-state index < -0.39 is 0 Å². The van der Waals surface area contributed by atoms with Crippen molar-refractivity contribution in [2.45, 2.75) is 31.7 Å². The van der Waals surface area contributed by atoms with Crippen molar-refractivity contribution in [1.29, 1.82) is 0 Å². The first kappa shape index (κ1) is 13.7. The highest BCUT2D eigenvalue weighted by Gasteiger charge is 2.38. The second-order valence-corrected chi connectivity index (χ2v) is 6.49. The van der Waals surface area contributed by atoms with Crippen LogP contribution in [0.15, 0.2) is 36.7 Å². The highest BCUT2D eigenvalue weighted by Crippen LogP contribution is 2.38. The molecule has 2 unspecified atom stereocenters. The highest BCUT2D eigenvalue weighted by atomic mass is 15.3. The van der Waals surface area contributed by atoms with Crippen LogP contribution < -0.4 is 10.6 Å². The molecule has 4 rings (SSSR count). The molecular formula is C18H22N4. The van der Waals surface area contributed by atoms with Gasteiger partial charge in [-0.15, -0.1) is 0 Å². The smallest absolute Gasteiger partial charge is 0.225 e. The van der Waals surface area contributed by atoms with Crippen LogP contribution in [0.1, 0.15) is 24.8 Å². The average molecular weight is 294 g/mol. The van der Waals surface area contributed by atoms with Gasteiger partial charge >= 0.3 is 0 Å². The summed E-state index contributed by atoms with van der Waals surface area (Å²) in [5.41, 5.74) is 9.10. The molecule has 1 saturated heterocycles. The number of aromatic nitrogens is 2. The molecule has 114 valence electrons. The Hall–Kier alpha value is -1.94. The van der Waals surface area contributed by atoms with Crippen molar-refractivity contribution in [3.8, 4) is 11.1 Å². The van der Waals surface area contributed by atoms with Crippen molar-refractivity contribution < 1.29 is 0 Å². The molecule has 0 spiro atoms. The maximum absolute atomic E-state index is 5.59. The fourth-order valence-electron chi connectivity index (χ4n) is 3.82. The third-order valence-electron chi connectivity index (χ3n) is 5.02. The van der Waals surface area contributed by atoms with Crippen LogP contribution in [-0.2, 0) is 6.42 Å². The monoisotopic (exact) mass is 294 g/mol. The van der Waals surface area contributed by atoms with Crippen molar-refractivity contribution in [3.05, 3.63) is 42.2 Å². The number of nitrogens with two attached hydrogens (primary N) is 1. The van der Waals surface area contributed by atoms with Crippen LogP contribution >= 0.6 is 0 Å². The van der Waals surface area contributed by atoms with Crippen LogP contribution in [0.3, 0.4) is 0 Å². The zero-order chi connectivity index (χ0) is 14.9. The first-order valence-electron chi connectivity index (χ1n) is 8.21. The Bertz CT molecular complexity index is 635. The predicted octanol–water partition coefficient (Wildman–Crippen LogP) is 2.63. The Labute approximate surface area is 131 Å². The van der Waals surface area contributed by atoms with Crippen LogP contribution in [0.25, 0.3) is 11.1 Å². The Morgan fingerprint density at radius 1 is 1.05 bits per heavy atom. The number of fused-ring (bicyclic) bond motifs is 2. The lowest BCUT2D eigenvalue weighted by Gasteiger charge is -2.26. The van der Waals surface area contributed by atoms with E-state index in [0.29, 0.717) is 12.6 Å². The van der Waals surface area contributed by atoms with Crippen molar-refractivity contribution in [2.24, 2.45) is 11.7 Å². The van der Waals surface area contributed by atoms with Crippen LogP contribution in [0.4, 0.5) is 5.95 Å². The van der Waals surface area contributed by atoms with E-state index in [2.05, 4.69) is 39.1 Å². The van der Waals surface area contributed by atoms with E-state index in [-0.39, 0.29) is 0 Å². The third-order valence-corrected chi connectivity index (χ3v) is 5.02. The summed E-state index contributed by atoms with van der Waals surface area (Å²) >= 11 is 0. The summed E-state index contributed by atoms with van der Waals surface area (Å²) in [4.78, 5) is 11.6. The fraction of sp³-hybridized carbons (Fsp3) is 0.444. The number of rotatable bonds is 4. The van der Waals surface area contributed by atoms with Gasteiger partial charge in [-0.2, -0.15) is 0 Å². The van der Waals surface area contributed by atoms with Crippen molar-refractivity contribution in [1.82, 2.24) is 9.97 Å². The molecule has 1 aromatic carbocycles. The summed E-state index contributed by atoms with van der Waals surface area (Å²) in [7, 11) is 0. The minimum atomic E-state index is 0.673. The Morgan fingerprint density at radius 3 is 2.41 bits per heavy atom. The van der Waals surface area contributed by atoms with E-state index in [1.165, 1.54) is 24.8 Å². The topological polar surface area (TPSA) is 55.0 Å². The SMILES string of the molecule is NCCc1ccc(-c2cnc(N3CC4CCC3C4)nc2)cc1. The maximum atomic E-state index is 5.59. The first-order valence-corrected chi connectivity index (χ1v) is 8.21. The molecule has 4 nitrogen and oxygen atoms in total. The average Bonchev–Trinajstić information content (AvgIpc) is 3.19. The summed E-state index contributed by atoms with van der Waals surface area (Å²) < 4.78 is 0. The van der Waals surface area contributed by atoms with Crippen LogP contribution in [0.5, 0.6) is 0 Å². The van der Waals surface area contributed by atoms with Gasteiger partial charge in [-0.05, 0) is 49.3 Å². The molecular weight excluding hydrogens is 272 g/mol. The van der Waals surface area contributed by atoms with Gasteiger partial charge in [0.2, 0.25) is 5.95 Å². The van der Waals surface area contributed by atoms with Gasteiger partial charge in [0.05, 0.1) is 0 Å². The van der Waals surface area contributed by atoms with Crippen molar-refractivity contribution >= 4 is 5.95 Å². The standard InChI is InChI=1S/C18H22N4/c19-8-7-13-1-4-15(5-2-13)16-10-20-18(21-11-16)22-12-14-3-6-17(22)9-14/h1-2,4-5,10-11,14,17H,3,6-9,12,19H2. The summed E-state index contributed by atoms with van der Waals surface area (Å²) in [5, 5.41) is 0. The summed E-state index contributed by atoms with van der Waals surface area (Å²) in [5.74, 6) is 1.76. The van der Waals surface area contributed by atoms with Crippen LogP contribution in [-0.4, -0.2) is 29.1 Å². The Balaban J connectivity index is 1.51. The molecule has 1 aliphatic carbocycles. The van der Waals surface area contributed by atoms with Gasteiger partial charge < -0.3 is 10.6 Å². The number of piperidine rings is 1. The van der Waals surface area contributed by atoms with Gasteiger partial charge in [-0.3, -0.25) is 0 Å². The molecule has 1 aliphatic heterocycles. The lowest BCUT2D eigenvalue weighted by Crippen LogP contribution is -2.33. The fourth-order valence-corrected chi connectivity index (χ4v) is 3.82. The molecule has 1 aromatic heterocycles. The molecule has 2 fully saturated rings. The molecule has 22 heavy (non-hydrogen) atoms. The predicted molar refractivity (Wildman–Crippen MR) is 88.7 cm³/mol. The van der Waals surface area contributed by atoms with Gasteiger partial charge in [0.1, 0.15) is 0 Å². The maximum Gasteiger partial charge on any atom is 0.225 e. The minimum Gasteiger partial charge on any atom is -0.338 e. The number of hydrogen-bond donors (Lipinski definition) is 1. The zero-order valence-electron chi connectivity index (χ0n) is 12.8. The second-order valence-electron chi connectivity index (χ2n) is 6.49. The lowest BCUT2D eigenvalue weighted by atomic mass is 10.1. The molecule has 0 radical (unpaired) electrons. The number of hydrogen-bond acceptors (Lipinski definition) is 4. The third kappa shape index (κ3) is 2.48. The molecule has 2 heterocycles. The van der Waals surface area contributed by atoms with Gasteiger partial charge in [-0.25, -0.2) is 9.97 Å². The number of benzene rings is 1. The normalized spacial score (nSPS) is 23.2. The highest BCUT2D eigenvalue weighted by molar-refractivity contribution is 5.62. The molecule has 2 N–H and O–H groups in total. The Morgan fingerprint density at radius 2 is 1.82 bits per heavy atom. The lowest BCUT2D eigenvalue weighted by molar-refractivity contribution is 0.546. The molecule has 2 aliphatic rings. The van der Waals surface area contributed by atoms with E-state index in [0.717, 1.165) is 36.0 Å². The Kier molecular flexibility index (Phi) is 3.54. The van der Waals surface area contributed by atoms with Gasteiger partial charge in [0.25, 0.3) is 0 Å². The number of anilines is 1. The van der Waals surface area contributed by atoms with E-state index in [4.69, 9.17) is 5.73 Å². The first-order chi connectivity index (χ1) is 10.8. The van der Waals surface area contributed by atoms with Crippen LogP contribution in [0, 0.1) is 5.92 Å². The zero-order valence-corrected chi connectivity index (χ0v) is 12.8. The molecule has 2 bridgehead atoms. The summed E-state index contributed by atoms with van der Waals surface area (Å²) in [6.07, 6.45) is 8.84. The molecule has 4 heteroatoms. The van der Waals surface area contributed by atoms with E-state index in [1.54, 1.807) is 0 Å². The van der Waals surface area contributed by atoms with Crippen molar-refractivity contribution in [2.75, 3.05) is 18.0 Å². The largest absolute Gasteiger partial charge is 0.338 e. The van der Waals surface area contributed by atoms with Crippen LogP contribution in [0.2, 0.25) is 0 Å². The van der Waals surface area contributed by atoms with Gasteiger partial charge in [-0.1, -0.05) is 24.3 Å². The van der Waals surface area contributed by atoms with Crippen molar-refractivity contribution in [3.63, 3.8) is 0 Å². The quantitative estimate of drug-likeness (QED) is 0.942. The molecule has 2 aromatic rings. The molecule has 1 saturated carbocycles. The summed E-state index contributed by atoms with van der Waals surface area (Å²) in [6.45, 7) is 1.83. The minimum absolute atomic E-state index is 0.673. The molecule has 2 atom stereocenters. The molecule has 0 amide bonds. The second kappa shape index (κ2) is 5.69. The summed E-state index contributed by atoms with van der Waals surface area (Å²) in [6, 6.07) is 9.19. The van der Waals surface area contributed by atoms with Gasteiger partial charge in [0, 0.05) is 30.5 Å². The van der Waals surface area contributed by atoms with Gasteiger partial charge in [0.15, 0.2) is 0 Å². The number of nitrogens with zero attached hydrogens (tertiary/aromatic N) is 3. The van der Waals surface area contributed by atoms with E-state index in [1.807, 2.05) is 12.4 Å². The van der Waals surface area contributed by atoms with E-state index in [9.17, 15) is 0 Å². The van der Waals surface area contributed by atoms with E-state index >= 15 is 0 Å².